The third-order valence-corrected chi connectivity index (χ3v) is 3.53. The van der Waals surface area contributed by atoms with Crippen LogP contribution in [-0.2, 0) is 4.74 Å². The molecule has 1 aromatic rings. The van der Waals surface area contributed by atoms with Crippen LogP contribution < -0.4 is 16.0 Å². The highest BCUT2D eigenvalue weighted by molar-refractivity contribution is 5.36. The Labute approximate surface area is 115 Å². The number of nitrogens with two attached hydrogens (primary N) is 1. The topological polar surface area (TPSA) is 56.5 Å². The van der Waals surface area contributed by atoms with E-state index < -0.39 is 0 Å². The van der Waals surface area contributed by atoms with Crippen molar-refractivity contribution in [2.75, 3.05) is 13.2 Å². The lowest BCUT2D eigenvalue weighted by Crippen LogP contribution is -2.36. The summed E-state index contributed by atoms with van der Waals surface area (Å²) in [4.78, 5) is 0. The molecule has 4 nitrogen and oxygen atoms in total. The van der Waals surface area contributed by atoms with Crippen molar-refractivity contribution in [3.8, 4) is 5.75 Å². The first-order valence-corrected chi connectivity index (χ1v) is 7.02. The SMILES string of the molecule is CC(C)Oc1ccccc1C(NN)C1CCOCC1. The summed E-state index contributed by atoms with van der Waals surface area (Å²) in [6.45, 7) is 5.71. The van der Waals surface area contributed by atoms with Crippen molar-refractivity contribution in [2.24, 2.45) is 11.8 Å². The van der Waals surface area contributed by atoms with Crippen molar-refractivity contribution in [2.45, 2.75) is 38.8 Å². The average molecular weight is 264 g/mol. The monoisotopic (exact) mass is 264 g/mol. The third-order valence-electron chi connectivity index (χ3n) is 3.53. The van der Waals surface area contributed by atoms with E-state index in [1.54, 1.807) is 0 Å². The molecule has 0 aromatic heterocycles. The summed E-state index contributed by atoms with van der Waals surface area (Å²) in [5.41, 5.74) is 4.11. The van der Waals surface area contributed by atoms with Gasteiger partial charge in [0.15, 0.2) is 0 Å². The first kappa shape index (κ1) is 14.3. The summed E-state index contributed by atoms with van der Waals surface area (Å²) in [5, 5.41) is 0. The Morgan fingerprint density at radius 2 is 1.95 bits per heavy atom. The highest BCUT2D eigenvalue weighted by Crippen LogP contribution is 2.34. The average Bonchev–Trinajstić information content (AvgIpc) is 2.42. The fourth-order valence-corrected chi connectivity index (χ4v) is 2.63. The van der Waals surface area contributed by atoms with Crippen molar-refractivity contribution in [3.05, 3.63) is 29.8 Å². The summed E-state index contributed by atoms with van der Waals surface area (Å²) in [6, 6.07) is 8.26. The minimum atomic E-state index is 0.124. The smallest absolute Gasteiger partial charge is 0.124 e. The van der Waals surface area contributed by atoms with Crippen LogP contribution in [0.4, 0.5) is 0 Å². The first-order chi connectivity index (χ1) is 9.22. The Bertz CT molecular complexity index is 389. The van der Waals surface area contributed by atoms with Crippen LogP contribution in [0.2, 0.25) is 0 Å². The van der Waals surface area contributed by atoms with Crippen LogP contribution in [0.1, 0.15) is 38.3 Å². The first-order valence-electron chi connectivity index (χ1n) is 7.02. The van der Waals surface area contributed by atoms with Crippen LogP contribution in [0.5, 0.6) is 5.75 Å². The second kappa shape index (κ2) is 6.89. The molecule has 1 fully saturated rings. The fraction of sp³-hybridized carbons (Fsp3) is 0.600. The molecule has 19 heavy (non-hydrogen) atoms. The van der Waals surface area contributed by atoms with Gasteiger partial charge >= 0.3 is 0 Å². The Balaban J connectivity index is 2.21. The van der Waals surface area contributed by atoms with E-state index in [2.05, 4.69) is 11.5 Å². The van der Waals surface area contributed by atoms with E-state index in [0.29, 0.717) is 5.92 Å². The molecule has 106 valence electrons. The van der Waals surface area contributed by atoms with E-state index >= 15 is 0 Å². The van der Waals surface area contributed by atoms with Crippen molar-refractivity contribution in [1.82, 2.24) is 5.43 Å². The van der Waals surface area contributed by atoms with Crippen LogP contribution in [0.25, 0.3) is 0 Å². The zero-order valence-electron chi connectivity index (χ0n) is 11.8. The molecule has 4 heteroatoms. The van der Waals surface area contributed by atoms with Gasteiger partial charge in [0, 0.05) is 18.8 Å². The van der Waals surface area contributed by atoms with Crippen molar-refractivity contribution in [1.29, 1.82) is 0 Å². The van der Waals surface area contributed by atoms with Gasteiger partial charge in [-0.05, 0) is 38.7 Å². The Morgan fingerprint density at radius 1 is 1.26 bits per heavy atom. The van der Waals surface area contributed by atoms with Crippen molar-refractivity contribution < 1.29 is 9.47 Å². The summed E-state index contributed by atoms with van der Waals surface area (Å²) < 4.78 is 11.3. The lowest BCUT2D eigenvalue weighted by atomic mass is 9.87. The normalized spacial score (nSPS) is 18.5. The highest BCUT2D eigenvalue weighted by Gasteiger charge is 2.26. The number of hydrogen-bond acceptors (Lipinski definition) is 4. The van der Waals surface area contributed by atoms with Gasteiger partial charge in [-0.3, -0.25) is 11.3 Å². The molecule has 1 saturated heterocycles. The number of nitrogens with one attached hydrogen (secondary N) is 1. The minimum Gasteiger partial charge on any atom is -0.491 e. The van der Waals surface area contributed by atoms with Crippen LogP contribution >= 0.6 is 0 Å². The summed E-state index contributed by atoms with van der Waals surface area (Å²) in [5.74, 6) is 7.21. The van der Waals surface area contributed by atoms with Gasteiger partial charge in [0.25, 0.3) is 0 Å². The quantitative estimate of drug-likeness (QED) is 0.633. The molecule has 2 rings (SSSR count). The van der Waals surface area contributed by atoms with Gasteiger partial charge in [-0.25, -0.2) is 0 Å². The number of benzene rings is 1. The van der Waals surface area contributed by atoms with Crippen molar-refractivity contribution >= 4 is 0 Å². The molecule has 0 saturated carbocycles. The Hall–Kier alpha value is -1.10. The van der Waals surface area contributed by atoms with Gasteiger partial charge in [-0.1, -0.05) is 18.2 Å². The van der Waals surface area contributed by atoms with Gasteiger partial charge in [0.1, 0.15) is 5.75 Å². The molecule has 1 aliphatic heterocycles. The van der Waals surface area contributed by atoms with E-state index in [4.69, 9.17) is 15.3 Å². The molecule has 0 spiro atoms. The lowest BCUT2D eigenvalue weighted by Gasteiger charge is -2.31. The molecular formula is C15H24N2O2. The maximum absolute atomic E-state index is 5.89. The number of hydrogen-bond donors (Lipinski definition) is 2. The lowest BCUT2D eigenvalue weighted by molar-refractivity contribution is 0.0530. The van der Waals surface area contributed by atoms with Crippen LogP contribution in [0, 0.1) is 5.92 Å². The van der Waals surface area contributed by atoms with Gasteiger partial charge in [-0.15, -0.1) is 0 Å². The highest BCUT2D eigenvalue weighted by atomic mass is 16.5. The standard InChI is InChI=1S/C15H24N2O2/c1-11(2)19-14-6-4-3-5-13(14)15(17-16)12-7-9-18-10-8-12/h3-6,11-12,15,17H,7-10,16H2,1-2H3. The molecular weight excluding hydrogens is 240 g/mol. The number of ether oxygens (including phenoxy) is 2. The molecule has 1 aliphatic rings. The molecule has 1 atom stereocenters. The van der Waals surface area contributed by atoms with Gasteiger partial charge in [0.05, 0.1) is 12.1 Å². The van der Waals surface area contributed by atoms with E-state index in [1.165, 1.54) is 0 Å². The zero-order chi connectivity index (χ0) is 13.7. The number of rotatable bonds is 5. The Morgan fingerprint density at radius 3 is 2.58 bits per heavy atom. The zero-order valence-corrected chi connectivity index (χ0v) is 11.8. The van der Waals surface area contributed by atoms with Gasteiger partial charge in [0.2, 0.25) is 0 Å². The summed E-state index contributed by atoms with van der Waals surface area (Å²) in [7, 11) is 0. The molecule has 0 amide bonds. The predicted octanol–water partition coefficient (Wildman–Crippen LogP) is 2.40. The molecule has 1 heterocycles. The molecule has 0 bridgehead atoms. The maximum atomic E-state index is 5.89. The predicted molar refractivity (Wildman–Crippen MR) is 75.8 cm³/mol. The molecule has 0 radical (unpaired) electrons. The van der Waals surface area contributed by atoms with Crippen LogP contribution in [-0.4, -0.2) is 19.3 Å². The Kier molecular flexibility index (Phi) is 5.19. The van der Waals surface area contributed by atoms with Gasteiger partial charge in [-0.2, -0.15) is 0 Å². The summed E-state index contributed by atoms with van der Waals surface area (Å²) >= 11 is 0. The molecule has 3 N–H and O–H groups in total. The fourth-order valence-electron chi connectivity index (χ4n) is 2.63. The minimum absolute atomic E-state index is 0.124. The van der Waals surface area contributed by atoms with E-state index in [0.717, 1.165) is 37.4 Å². The molecule has 1 unspecified atom stereocenters. The second-order valence-corrected chi connectivity index (χ2v) is 5.30. The largest absolute Gasteiger partial charge is 0.491 e. The third kappa shape index (κ3) is 3.69. The number of para-hydroxylation sites is 1. The summed E-state index contributed by atoms with van der Waals surface area (Å²) in [6.07, 6.45) is 2.23. The van der Waals surface area contributed by atoms with Crippen LogP contribution in [0.3, 0.4) is 0 Å². The van der Waals surface area contributed by atoms with Crippen molar-refractivity contribution in [3.63, 3.8) is 0 Å². The van der Waals surface area contributed by atoms with E-state index in [1.807, 2.05) is 32.0 Å². The van der Waals surface area contributed by atoms with E-state index in [9.17, 15) is 0 Å². The maximum Gasteiger partial charge on any atom is 0.124 e. The van der Waals surface area contributed by atoms with Crippen LogP contribution in [0.15, 0.2) is 24.3 Å². The van der Waals surface area contributed by atoms with E-state index in [-0.39, 0.29) is 12.1 Å². The second-order valence-electron chi connectivity index (χ2n) is 5.30. The molecule has 1 aromatic carbocycles. The molecule has 0 aliphatic carbocycles. The number of hydrazine groups is 1. The van der Waals surface area contributed by atoms with Gasteiger partial charge < -0.3 is 9.47 Å².